The molecule has 7 heteroatoms. The van der Waals surface area contributed by atoms with Gasteiger partial charge in [0.05, 0.1) is 22.7 Å². The van der Waals surface area contributed by atoms with Crippen LogP contribution in [0.3, 0.4) is 0 Å². The molecule has 0 aliphatic carbocycles. The molecule has 0 spiro atoms. The van der Waals surface area contributed by atoms with Crippen molar-refractivity contribution in [2.75, 3.05) is 20.4 Å². The van der Waals surface area contributed by atoms with Gasteiger partial charge in [0.2, 0.25) is 0 Å². The SMILES string of the molecule is c1ccc(-c2ccc(C3=NC(c4cccc(C5Nc6ccccc6N5c5ccccc5)c4)N=C(c4cccc(C5Nc6ccccc6N5c5ccccc5)c4)N3)cc2)cc1. The molecular weight excluding hydrogens is 735 g/mol. The summed E-state index contributed by atoms with van der Waals surface area (Å²) in [6.07, 6.45) is -0.718. The number of benzene rings is 8. The van der Waals surface area contributed by atoms with E-state index >= 15 is 0 Å². The van der Waals surface area contributed by atoms with Gasteiger partial charge in [0, 0.05) is 22.5 Å². The molecule has 288 valence electrons. The van der Waals surface area contributed by atoms with Gasteiger partial charge in [0.1, 0.15) is 24.0 Å². The molecule has 3 atom stereocenters. The molecule has 3 heterocycles. The minimum atomic E-state index is -0.489. The smallest absolute Gasteiger partial charge is 0.169 e. The first-order valence-corrected chi connectivity index (χ1v) is 20.4. The lowest BCUT2D eigenvalue weighted by Crippen LogP contribution is -2.36. The van der Waals surface area contributed by atoms with Crippen LogP contribution in [0.2, 0.25) is 0 Å². The molecule has 8 aromatic rings. The van der Waals surface area contributed by atoms with Gasteiger partial charge in [0.15, 0.2) is 6.17 Å². The van der Waals surface area contributed by atoms with Crippen molar-refractivity contribution in [3.8, 4) is 11.1 Å². The molecule has 0 amide bonds. The molecule has 8 aromatic carbocycles. The lowest BCUT2D eigenvalue weighted by Gasteiger charge is -2.29. The van der Waals surface area contributed by atoms with Crippen LogP contribution in [0.25, 0.3) is 11.1 Å². The molecule has 0 bridgehead atoms. The van der Waals surface area contributed by atoms with Crippen LogP contribution in [0.5, 0.6) is 0 Å². The summed E-state index contributed by atoms with van der Waals surface area (Å²) in [6.45, 7) is 0. The number of hydrogen-bond acceptors (Lipinski definition) is 7. The van der Waals surface area contributed by atoms with Gasteiger partial charge < -0.3 is 25.8 Å². The van der Waals surface area contributed by atoms with Crippen molar-refractivity contribution in [1.82, 2.24) is 5.32 Å². The molecule has 3 aliphatic rings. The van der Waals surface area contributed by atoms with Crippen LogP contribution in [-0.2, 0) is 0 Å². The quantitative estimate of drug-likeness (QED) is 0.143. The fraction of sp³-hybridized carbons (Fsp3) is 0.0566. The van der Waals surface area contributed by atoms with E-state index in [1.54, 1.807) is 0 Å². The predicted molar refractivity (Wildman–Crippen MR) is 246 cm³/mol. The van der Waals surface area contributed by atoms with Crippen molar-refractivity contribution in [2.45, 2.75) is 18.5 Å². The number of hydrogen-bond donors (Lipinski definition) is 3. The Morgan fingerprint density at radius 2 is 0.783 bits per heavy atom. The van der Waals surface area contributed by atoms with Gasteiger partial charge >= 0.3 is 0 Å². The molecule has 0 fully saturated rings. The van der Waals surface area contributed by atoms with Gasteiger partial charge in [-0.1, -0.05) is 152 Å². The number of fused-ring (bicyclic) bond motifs is 2. The summed E-state index contributed by atoms with van der Waals surface area (Å²) in [6, 6.07) is 74.6. The summed E-state index contributed by atoms with van der Waals surface area (Å²) >= 11 is 0. The highest BCUT2D eigenvalue weighted by atomic mass is 15.3. The molecule has 0 radical (unpaired) electrons. The highest BCUT2D eigenvalue weighted by Crippen LogP contribution is 2.47. The molecule has 60 heavy (non-hydrogen) atoms. The first kappa shape index (κ1) is 35.3. The Balaban J connectivity index is 0.981. The van der Waals surface area contributed by atoms with Gasteiger partial charge in [-0.2, -0.15) is 0 Å². The molecule has 0 saturated carbocycles. The van der Waals surface area contributed by atoms with Crippen LogP contribution in [0.4, 0.5) is 34.1 Å². The van der Waals surface area contributed by atoms with Crippen molar-refractivity contribution >= 4 is 45.8 Å². The van der Waals surface area contributed by atoms with Gasteiger partial charge in [-0.3, -0.25) is 0 Å². The largest absolute Gasteiger partial charge is 0.359 e. The zero-order chi connectivity index (χ0) is 39.8. The number of rotatable bonds is 8. The number of amidine groups is 2. The Bertz CT molecular complexity index is 2870. The Morgan fingerprint density at radius 3 is 1.38 bits per heavy atom. The zero-order valence-electron chi connectivity index (χ0n) is 32.7. The van der Waals surface area contributed by atoms with Crippen LogP contribution < -0.4 is 25.8 Å². The van der Waals surface area contributed by atoms with E-state index in [9.17, 15) is 0 Å². The first-order valence-electron chi connectivity index (χ1n) is 20.4. The molecule has 7 nitrogen and oxygen atoms in total. The molecule has 0 aromatic heterocycles. The standard InChI is InChI=1S/C53H41N7/c1-4-16-36(17-5-1)37-30-32-38(33-31-37)49-56-50(39-18-14-20-41(34-39)52-54-45-26-10-12-28-47(45)59(52)43-22-6-2-7-23-43)58-51(57-49)40-19-15-21-42(35-40)53-55-46-27-11-13-29-48(46)60(53)44-24-8-3-9-25-44/h1-35,50,52-55H,(H,56,57,58). The Morgan fingerprint density at radius 1 is 0.350 bits per heavy atom. The maximum Gasteiger partial charge on any atom is 0.169 e. The average molecular weight is 776 g/mol. The van der Waals surface area contributed by atoms with E-state index in [2.05, 4.69) is 232 Å². The van der Waals surface area contributed by atoms with Crippen LogP contribution in [0, 0.1) is 0 Å². The first-order chi connectivity index (χ1) is 29.7. The molecular formula is C53H41N7. The molecule has 11 rings (SSSR count). The summed E-state index contributed by atoms with van der Waals surface area (Å²) in [5.41, 5.74) is 14.3. The highest BCUT2D eigenvalue weighted by molar-refractivity contribution is 6.16. The van der Waals surface area contributed by atoms with Crippen molar-refractivity contribution in [3.05, 3.63) is 240 Å². The van der Waals surface area contributed by atoms with E-state index in [-0.39, 0.29) is 12.3 Å². The number of nitrogens with one attached hydrogen (secondary N) is 3. The van der Waals surface area contributed by atoms with Crippen molar-refractivity contribution < 1.29 is 0 Å². The predicted octanol–water partition coefficient (Wildman–Crippen LogP) is 12.4. The van der Waals surface area contributed by atoms with E-state index in [1.165, 1.54) is 5.56 Å². The van der Waals surface area contributed by atoms with Gasteiger partial charge in [-0.05, 0) is 88.5 Å². The van der Waals surface area contributed by atoms with E-state index in [0.29, 0.717) is 0 Å². The number of nitrogens with zero attached hydrogens (tertiary/aromatic N) is 4. The van der Waals surface area contributed by atoms with Crippen molar-refractivity contribution in [3.63, 3.8) is 0 Å². The van der Waals surface area contributed by atoms with Crippen LogP contribution in [-0.4, -0.2) is 11.7 Å². The third-order valence-electron chi connectivity index (χ3n) is 11.5. The Labute approximate surface area is 350 Å². The summed E-state index contributed by atoms with van der Waals surface area (Å²) in [4.78, 5) is 15.4. The van der Waals surface area contributed by atoms with E-state index in [0.717, 1.165) is 79.2 Å². The van der Waals surface area contributed by atoms with E-state index < -0.39 is 6.17 Å². The third-order valence-corrected chi connectivity index (χ3v) is 11.5. The van der Waals surface area contributed by atoms with E-state index in [4.69, 9.17) is 9.98 Å². The van der Waals surface area contributed by atoms with Gasteiger partial charge in [-0.15, -0.1) is 0 Å². The maximum atomic E-state index is 5.38. The Hall–Kier alpha value is -7.90. The topological polar surface area (TPSA) is 67.3 Å². The zero-order valence-corrected chi connectivity index (χ0v) is 32.7. The highest BCUT2D eigenvalue weighted by Gasteiger charge is 2.33. The second-order valence-corrected chi connectivity index (χ2v) is 15.2. The van der Waals surface area contributed by atoms with Crippen LogP contribution in [0.15, 0.2) is 222 Å². The molecule has 3 unspecified atom stereocenters. The average Bonchev–Trinajstić information content (AvgIpc) is 3.92. The fourth-order valence-corrected chi connectivity index (χ4v) is 8.62. The van der Waals surface area contributed by atoms with Gasteiger partial charge in [0.25, 0.3) is 0 Å². The monoisotopic (exact) mass is 775 g/mol. The lowest BCUT2D eigenvalue weighted by atomic mass is 10.0. The summed E-state index contributed by atoms with van der Waals surface area (Å²) in [5, 5.41) is 11.3. The number of para-hydroxylation sites is 6. The second-order valence-electron chi connectivity index (χ2n) is 15.2. The number of anilines is 6. The second kappa shape index (κ2) is 15.1. The molecule has 3 N–H and O–H groups in total. The third kappa shape index (κ3) is 6.52. The minimum absolute atomic E-state index is 0.115. The fourth-order valence-electron chi connectivity index (χ4n) is 8.62. The van der Waals surface area contributed by atoms with Crippen LogP contribution >= 0.6 is 0 Å². The lowest BCUT2D eigenvalue weighted by molar-refractivity contribution is 0.747. The van der Waals surface area contributed by atoms with Crippen molar-refractivity contribution in [2.24, 2.45) is 9.98 Å². The van der Waals surface area contributed by atoms with Gasteiger partial charge in [-0.25, -0.2) is 9.98 Å². The normalized spacial score (nSPS) is 17.7. The van der Waals surface area contributed by atoms with Crippen molar-refractivity contribution in [1.29, 1.82) is 0 Å². The van der Waals surface area contributed by atoms with E-state index in [1.807, 2.05) is 6.07 Å². The molecule has 0 saturated heterocycles. The summed E-state index contributed by atoms with van der Waals surface area (Å²) in [5.74, 6) is 1.54. The summed E-state index contributed by atoms with van der Waals surface area (Å²) < 4.78 is 0. The van der Waals surface area contributed by atoms with Crippen LogP contribution in [0.1, 0.15) is 46.3 Å². The maximum absolute atomic E-state index is 5.38. The Kier molecular flexibility index (Phi) is 8.89. The number of aliphatic imine (C=N–C) groups is 2. The minimum Gasteiger partial charge on any atom is -0.359 e. The molecule has 3 aliphatic heterocycles. The summed E-state index contributed by atoms with van der Waals surface area (Å²) in [7, 11) is 0.